The highest BCUT2D eigenvalue weighted by Gasteiger charge is 2.18. The van der Waals surface area contributed by atoms with Crippen molar-refractivity contribution in [2.75, 3.05) is 0 Å². The second-order valence-corrected chi connectivity index (χ2v) is 8.64. The fraction of sp³-hybridized carbons (Fsp3) is 0.250. The summed E-state index contributed by atoms with van der Waals surface area (Å²) >= 11 is 2.96. The van der Waals surface area contributed by atoms with Crippen LogP contribution in [0, 0.1) is 5.92 Å². The lowest BCUT2D eigenvalue weighted by molar-refractivity contribution is 0.510. The minimum absolute atomic E-state index is 0.206. The average molecular weight is 383 g/mol. The van der Waals surface area contributed by atoms with Crippen LogP contribution in [0.1, 0.15) is 20.3 Å². The fourth-order valence-electron chi connectivity index (χ4n) is 2.97. The standard InChI is InChI=1S/C20H18N2O2S2/c1-12(2)9-10-22-18(15-8-5-11-25-15)21-19-16(20(22)24)17(23)13-6-3-4-7-14(13)26-19/h3-8,11-12H,9-10H2,1-2H3. The van der Waals surface area contributed by atoms with E-state index in [0.717, 1.165) is 16.0 Å². The molecule has 6 heteroatoms. The first-order chi connectivity index (χ1) is 12.6. The third-order valence-corrected chi connectivity index (χ3v) is 6.30. The molecule has 132 valence electrons. The van der Waals surface area contributed by atoms with Gasteiger partial charge in [-0.15, -0.1) is 22.7 Å². The molecule has 0 atom stereocenters. The summed E-state index contributed by atoms with van der Waals surface area (Å²) in [5, 5.41) is 2.77. The van der Waals surface area contributed by atoms with E-state index in [2.05, 4.69) is 13.8 Å². The molecule has 3 aromatic heterocycles. The lowest BCUT2D eigenvalue weighted by Crippen LogP contribution is -2.27. The van der Waals surface area contributed by atoms with Gasteiger partial charge in [0.25, 0.3) is 5.56 Å². The van der Waals surface area contributed by atoms with Crippen LogP contribution < -0.4 is 11.0 Å². The maximum absolute atomic E-state index is 13.3. The predicted molar refractivity (Wildman–Crippen MR) is 110 cm³/mol. The lowest BCUT2D eigenvalue weighted by Gasteiger charge is -2.13. The summed E-state index contributed by atoms with van der Waals surface area (Å²) in [6.07, 6.45) is 0.858. The molecule has 0 amide bonds. The average Bonchev–Trinajstić information content (AvgIpc) is 3.15. The van der Waals surface area contributed by atoms with Crippen molar-refractivity contribution in [3.63, 3.8) is 0 Å². The molecular weight excluding hydrogens is 364 g/mol. The Morgan fingerprint density at radius 1 is 1.12 bits per heavy atom. The van der Waals surface area contributed by atoms with Gasteiger partial charge in [-0.1, -0.05) is 32.0 Å². The first kappa shape index (κ1) is 17.1. The Kier molecular flexibility index (Phi) is 4.46. The van der Waals surface area contributed by atoms with Crippen LogP contribution in [-0.4, -0.2) is 9.55 Å². The summed E-state index contributed by atoms with van der Waals surface area (Å²) in [7, 11) is 0. The van der Waals surface area contributed by atoms with Gasteiger partial charge in [-0.2, -0.15) is 0 Å². The maximum atomic E-state index is 13.3. The van der Waals surface area contributed by atoms with E-state index in [1.165, 1.54) is 11.3 Å². The number of benzene rings is 1. The van der Waals surface area contributed by atoms with E-state index in [4.69, 9.17) is 4.98 Å². The maximum Gasteiger partial charge on any atom is 0.266 e. The number of aromatic nitrogens is 2. The molecule has 0 saturated heterocycles. The van der Waals surface area contributed by atoms with Crippen LogP contribution in [0.2, 0.25) is 0 Å². The minimum Gasteiger partial charge on any atom is -0.291 e. The molecule has 0 aliphatic rings. The molecule has 4 nitrogen and oxygen atoms in total. The van der Waals surface area contributed by atoms with Gasteiger partial charge in [-0.25, -0.2) is 4.98 Å². The first-order valence-corrected chi connectivity index (χ1v) is 10.3. The van der Waals surface area contributed by atoms with E-state index in [1.54, 1.807) is 22.0 Å². The van der Waals surface area contributed by atoms with Crippen molar-refractivity contribution in [3.8, 4) is 10.7 Å². The van der Waals surface area contributed by atoms with Gasteiger partial charge in [0.05, 0.1) is 4.88 Å². The van der Waals surface area contributed by atoms with Gasteiger partial charge in [0.2, 0.25) is 5.43 Å². The summed E-state index contributed by atoms with van der Waals surface area (Å²) in [4.78, 5) is 32.4. The van der Waals surface area contributed by atoms with Crippen LogP contribution in [-0.2, 0) is 6.54 Å². The van der Waals surface area contributed by atoms with Crippen molar-refractivity contribution in [2.24, 2.45) is 5.92 Å². The van der Waals surface area contributed by atoms with Gasteiger partial charge in [0.15, 0.2) is 5.82 Å². The highest BCUT2D eigenvalue weighted by molar-refractivity contribution is 7.24. The van der Waals surface area contributed by atoms with Crippen molar-refractivity contribution in [1.29, 1.82) is 0 Å². The molecule has 0 N–H and O–H groups in total. The quantitative estimate of drug-likeness (QED) is 0.479. The van der Waals surface area contributed by atoms with Crippen molar-refractivity contribution < 1.29 is 0 Å². The van der Waals surface area contributed by atoms with E-state index >= 15 is 0 Å². The molecule has 0 bridgehead atoms. The Labute approximate surface area is 158 Å². The van der Waals surface area contributed by atoms with Gasteiger partial charge in [-0.3, -0.25) is 14.2 Å². The predicted octanol–water partition coefficient (Wildman–Crippen LogP) is 4.75. The normalized spacial score (nSPS) is 11.7. The number of thiophene rings is 1. The molecular formula is C20H18N2O2S2. The van der Waals surface area contributed by atoms with Crippen molar-refractivity contribution in [1.82, 2.24) is 9.55 Å². The molecule has 0 saturated carbocycles. The lowest BCUT2D eigenvalue weighted by atomic mass is 10.1. The fourth-order valence-corrected chi connectivity index (χ4v) is 4.74. The third-order valence-electron chi connectivity index (χ3n) is 4.37. The zero-order valence-corrected chi connectivity index (χ0v) is 16.2. The van der Waals surface area contributed by atoms with E-state index in [0.29, 0.717) is 28.5 Å². The van der Waals surface area contributed by atoms with Gasteiger partial charge in [-0.05, 0) is 35.9 Å². The summed E-state index contributed by atoms with van der Waals surface area (Å²) < 4.78 is 2.53. The van der Waals surface area contributed by atoms with Gasteiger partial charge < -0.3 is 0 Å². The molecule has 1 aromatic carbocycles. The van der Waals surface area contributed by atoms with Crippen LogP contribution in [0.15, 0.2) is 51.4 Å². The smallest absolute Gasteiger partial charge is 0.266 e. The summed E-state index contributed by atoms with van der Waals surface area (Å²) in [5.41, 5.74) is -0.450. The molecule has 0 aliphatic heterocycles. The molecule has 0 unspecified atom stereocenters. The van der Waals surface area contributed by atoms with Crippen LogP contribution in [0.3, 0.4) is 0 Å². The second-order valence-electron chi connectivity index (χ2n) is 6.66. The Bertz CT molecular complexity index is 1200. The van der Waals surface area contributed by atoms with E-state index in [9.17, 15) is 9.59 Å². The Morgan fingerprint density at radius 3 is 2.65 bits per heavy atom. The van der Waals surface area contributed by atoms with Gasteiger partial charge in [0.1, 0.15) is 10.2 Å². The largest absolute Gasteiger partial charge is 0.291 e. The van der Waals surface area contributed by atoms with Crippen molar-refractivity contribution in [2.45, 2.75) is 26.8 Å². The zero-order valence-electron chi connectivity index (χ0n) is 14.6. The molecule has 0 aliphatic carbocycles. The zero-order chi connectivity index (χ0) is 18.3. The molecule has 0 spiro atoms. The van der Waals surface area contributed by atoms with Crippen LogP contribution in [0.4, 0.5) is 0 Å². The monoisotopic (exact) mass is 382 g/mol. The van der Waals surface area contributed by atoms with Crippen LogP contribution >= 0.6 is 22.7 Å². The minimum atomic E-state index is -0.231. The Hall–Kier alpha value is -2.31. The molecule has 3 heterocycles. The number of rotatable bonds is 4. The first-order valence-electron chi connectivity index (χ1n) is 8.56. The highest BCUT2D eigenvalue weighted by atomic mass is 32.1. The van der Waals surface area contributed by atoms with E-state index in [-0.39, 0.29) is 16.4 Å². The molecule has 26 heavy (non-hydrogen) atoms. The molecule has 4 aromatic rings. The van der Waals surface area contributed by atoms with E-state index in [1.807, 2.05) is 35.7 Å². The SMILES string of the molecule is CC(C)CCn1c(-c2cccs2)nc2sc3ccccc3c(=O)c2c1=O. The highest BCUT2D eigenvalue weighted by Crippen LogP contribution is 2.27. The number of hydrogen-bond acceptors (Lipinski definition) is 5. The van der Waals surface area contributed by atoms with Gasteiger partial charge in [0, 0.05) is 16.6 Å². The number of hydrogen-bond donors (Lipinski definition) is 0. The molecule has 0 radical (unpaired) electrons. The van der Waals surface area contributed by atoms with Crippen molar-refractivity contribution in [3.05, 3.63) is 62.4 Å². The summed E-state index contributed by atoms with van der Waals surface area (Å²) in [6, 6.07) is 11.3. The molecule has 4 rings (SSSR count). The van der Waals surface area contributed by atoms with Crippen molar-refractivity contribution >= 4 is 43.0 Å². The molecule has 0 fully saturated rings. The summed E-state index contributed by atoms with van der Waals surface area (Å²) in [6.45, 7) is 4.81. The van der Waals surface area contributed by atoms with Gasteiger partial charge >= 0.3 is 0 Å². The van der Waals surface area contributed by atoms with Crippen LogP contribution in [0.25, 0.3) is 31.0 Å². The third kappa shape index (κ3) is 2.89. The summed E-state index contributed by atoms with van der Waals surface area (Å²) in [5.74, 6) is 1.11. The van der Waals surface area contributed by atoms with E-state index < -0.39 is 0 Å². The Balaban J connectivity index is 2.09. The number of nitrogens with zero attached hydrogens (tertiary/aromatic N) is 2. The Morgan fingerprint density at radius 2 is 1.92 bits per heavy atom. The number of fused-ring (bicyclic) bond motifs is 2. The topological polar surface area (TPSA) is 52.0 Å². The van der Waals surface area contributed by atoms with Crippen LogP contribution in [0.5, 0.6) is 0 Å². The second kappa shape index (κ2) is 6.78.